The fraction of sp³-hybridized carbons (Fsp3) is 0.467. The number of amides is 2. The molecule has 0 bridgehead atoms. The van der Waals surface area contributed by atoms with Gasteiger partial charge in [-0.25, -0.2) is 0 Å². The lowest BCUT2D eigenvalue weighted by atomic mass is 9.87. The highest BCUT2D eigenvalue weighted by Gasteiger charge is 2.17. The Morgan fingerprint density at radius 1 is 1.10 bits per heavy atom. The molecule has 0 heterocycles. The summed E-state index contributed by atoms with van der Waals surface area (Å²) in [5, 5.41) is 0. The molecule has 1 aromatic rings. The average Bonchev–Trinajstić information content (AvgIpc) is 2.46. The highest BCUT2D eigenvalue weighted by Crippen LogP contribution is 2.25. The normalized spacial score (nSPS) is 15.7. The maximum atomic E-state index is 11.9. The molecular weight excluding hydrogens is 320 g/mol. The zero-order valence-corrected chi connectivity index (χ0v) is 12.9. The fourth-order valence-electron chi connectivity index (χ4n) is 2.54. The Morgan fingerprint density at radius 2 is 1.80 bits per heavy atom. The second-order valence-electron chi connectivity index (χ2n) is 5.19. The topological polar surface area (TPSA) is 58.2 Å². The second-order valence-corrected chi connectivity index (χ2v) is 6.04. The molecule has 2 rings (SSSR count). The Balaban J connectivity index is 1.78. The van der Waals surface area contributed by atoms with Crippen molar-refractivity contribution in [2.75, 3.05) is 0 Å². The molecule has 2 N–H and O–H groups in total. The number of hydrazine groups is 1. The third-order valence-electron chi connectivity index (χ3n) is 3.63. The van der Waals surface area contributed by atoms with E-state index in [-0.39, 0.29) is 11.8 Å². The van der Waals surface area contributed by atoms with Gasteiger partial charge in [0.25, 0.3) is 5.91 Å². The van der Waals surface area contributed by atoms with Gasteiger partial charge in [0, 0.05) is 10.9 Å². The van der Waals surface area contributed by atoms with E-state index in [1.165, 1.54) is 19.3 Å². The van der Waals surface area contributed by atoms with Crippen LogP contribution < -0.4 is 10.9 Å². The summed E-state index contributed by atoms with van der Waals surface area (Å²) in [6.45, 7) is 0. The molecule has 0 atom stereocenters. The van der Waals surface area contributed by atoms with Crippen molar-refractivity contribution >= 4 is 27.7 Å². The zero-order valence-electron chi connectivity index (χ0n) is 11.3. The Bertz CT molecular complexity index is 485. The van der Waals surface area contributed by atoms with E-state index >= 15 is 0 Å². The first-order valence-electron chi connectivity index (χ1n) is 7.00. The lowest BCUT2D eigenvalue weighted by molar-refractivity contribution is -0.123. The number of hydrogen-bond donors (Lipinski definition) is 2. The summed E-state index contributed by atoms with van der Waals surface area (Å²) in [6, 6.07) is 7.11. The molecule has 1 aromatic carbocycles. The molecule has 0 saturated heterocycles. The van der Waals surface area contributed by atoms with Gasteiger partial charge in [0.15, 0.2) is 0 Å². The smallest absolute Gasteiger partial charge is 0.270 e. The van der Waals surface area contributed by atoms with Gasteiger partial charge >= 0.3 is 0 Å². The third kappa shape index (κ3) is 4.34. The highest BCUT2D eigenvalue weighted by molar-refractivity contribution is 9.10. The SMILES string of the molecule is O=C(CC1CCCCC1)NNC(=O)c1ccccc1Br. The maximum absolute atomic E-state index is 11.9. The van der Waals surface area contributed by atoms with E-state index < -0.39 is 0 Å². The summed E-state index contributed by atoms with van der Waals surface area (Å²) < 4.78 is 0.707. The van der Waals surface area contributed by atoms with Crippen LogP contribution in [0.4, 0.5) is 0 Å². The summed E-state index contributed by atoms with van der Waals surface area (Å²) in [7, 11) is 0. The molecule has 0 radical (unpaired) electrons. The molecular formula is C15H19BrN2O2. The molecule has 108 valence electrons. The van der Waals surface area contributed by atoms with Crippen LogP contribution >= 0.6 is 15.9 Å². The van der Waals surface area contributed by atoms with Gasteiger partial charge in [-0.3, -0.25) is 20.4 Å². The van der Waals surface area contributed by atoms with Crippen molar-refractivity contribution in [3.05, 3.63) is 34.3 Å². The standard InChI is InChI=1S/C15H19BrN2O2/c16-13-9-5-4-8-12(13)15(20)18-17-14(19)10-11-6-2-1-3-7-11/h4-5,8-9,11H,1-3,6-7,10H2,(H,17,19)(H,18,20). The predicted octanol–water partition coefficient (Wildman–Crippen LogP) is 3.18. The van der Waals surface area contributed by atoms with Crippen LogP contribution in [0.2, 0.25) is 0 Å². The van der Waals surface area contributed by atoms with Crippen LogP contribution in [0, 0.1) is 5.92 Å². The first kappa shape index (κ1) is 15.0. The minimum Gasteiger partial charge on any atom is -0.273 e. The predicted molar refractivity (Wildman–Crippen MR) is 80.9 cm³/mol. The summed E-state index contributed by atoms with van der Waals surface area (Å²) in [4.78, 5) is 23.7. The summed E-state index contributed by atoms with van der Waals surface area (Å²) in [5.41, 5.74) is 5.46. The van der Waals surface area contributed by atoms with Crippen LogP contribution in [0.1, 0.15) is 48.9 Å². The van der Waals surface area contributed by atoms with Crippen LogP contribution in [0.5, 0.6) is 0 Å². The minimum absolute atomic E-state index is 0.114. The van der Waals surface area contributed by atoms with E-state index in [0.29, 0.717) is 22.4 Å². The van der Waals surface area contributed by atoms with Crippen molar-refractivity contribution in [1.29, 1.82) is 0 Å². The van der Waals surface area contributed by atoms with E-state index in [4.69, 9.17) is 0 Å². The lowest BCUT2D eigenvalue weighted by Crippen LogP contribution is -2.42. The van der Waals surface area contributed by atoms with Gasteiger partial charge in [-0.15, -0.1) is 0 Å². The van der Waals surface area contributed by atoms with Crippen LogP contribution in [0.15, 0.2) is 28.7 Å². The van der Waals surface area contributed by atoms with Crippen LogP contribution in [0.25, 0.3) is 0 Å². The van der Waals surface area contributed by atoms with Gasteiger partial charge in [0.1, 0.15) is 0 Å². The van der Waals surface area contributed by atoms with Crippen molar-refractivity contribution in [2.24, 2.45) is 5.92 Å². The van der Waals surface area contributed by atoms with Crippen molar-refractivity contribution in [3.63, 3.8) is 0 Å². The molecule has 0 aliphatic heterocycles. The molecule has 5 heteroatoms. The summed E-state index contributed by atoms with van der Waals surface area (Å²) in [6.07, 6.45) is 6.42. The van der Waals surface area contributed by atoms with Crippen LogP contribution in [0.3, 0.4) is 0 Å². The number of carbonyl (C=O) groups is 2. The Morgan fingerprint density at radius 3 is 2.50 bits per heavy atom. The van der Waals surface area contributed by atoms with Crippen LogP contribution in [-0.2, 0) is 4.79 Å². The van der Waals surface area contributed by atoms with E-state index in [2.05, 4.69) is 26.8 Å². The number of rotatable bonds is 3. The number of halogens is 1. The monoisotopic (exact) mass is 338 g/mol. The number of carbonyl (C=O) groups excluding carboxylic acids is 2. The molecule has 1 saturated carbocycles. The second kappa shape index (κ2) is 7.43. The third-order valence-corrected chi connectivity index (χ3v) is 4.32. The van der Waals surface area contributed by atoms with Crippen molar-refractivity contribution in [3.8, 4) is 0 Å². The zero-order chi connectivity index (χ0) is 14.4. The molecule has 2 amide bonds. The number of hydrogen-bond acceptors (Lipinski definition) is 2. The average molecular weight is 339 g/mol. The Hall–Kier alpha value is -1.36. The Kier molecular flexibility index (Phi) is 5.59. The minimum atomic E-state index is -0.311. The summed E-state index contributed by atoms with van der Waals surface area (Å²) in [5.74, 6) is 0.0379. The van der Waals surface area contributed by atoms with Crippen LogP contribution in [-0.4, -0.2) is 11.8 Å². The maximum Gasteiger partial charge on any atom is 0.270 e. The quantitative estimate of drug-likeness (QED) is 0.831. The molecule has 0 aromatic heterocycles. The fourth-order valence-corrected chi connectivity index (χ4v) is 3.01. The van der Waals surface area contributed by atoms with E-state index in [0.717, 1.165) is 12.8 Å². The van der Waals surface area contributed by atoms with Crippen molar-refractivity contribution in [1.82, 2.24) is 10.9 Å². The first-order chi connectivity index (χ1) is 9.66. The van der Waals surface area contributed by atoms with E-state index in [1.807, 2.05) is 6.07 Å². The van der Waals surface area contributed by atoms with E-state index in [9.17, 15) is 9.59 Å². The van der Waals surface area contributed by atoms with Gasteiger partial charge in [-0.2, -0.15) is 0 Å². The Labute approximate surface area is 127 Å². The molecule has 0 spiro atoms. The molecule has 0 unspecified atom stereocenters. The molecule has 4 nitrogen and oxygen atoms in total. The summed E-state index contributed by atoms with van der Waals surface area (Å²) >= 11 is 3.31. The molecule has 1 aliphatic carbocycles. The molecule has 1 fully saturated rings. The van der Waals surface area contributed by atoms with Gasteiger partial charge in [0.05, 0.1) is 5.56 Å². The number of nitrogens with one attached hydrogen (secondary N) is 2. The molecule has 1 aliphatic rings. The first-order valence-corrected chi connectivity index (χ1v) is 7.80. The van der Waals surface area contributed by atoms with Crippen molar-refractivity contribution < 1.29 is 9.59 Å². The van der Waals surface area contributed by atoms with Gasteiger partial charge in [-0.1, -0.05) is 31.4 Å². The largest absolute Gasteiger partial charge is 0.273 e. The van der Waals surface area contributed by atoms with Gasteiger partial charge in [-0.05, 0) is 46.8 Å². The molecule has 20 heavy (non-hydrogen) atoms. The van der Waals surface area contributed by atoms with E-state index in [1.54, 1.807) is 18.2 Å². The number of benzene rings is 1. The van der Waals surface area contributed by atoms with Gasteiger partial charge < -0.3 is 0 Å². The van der Waals surface area contributed by atoms with Gasteiger partial charge in [0.2, 0.25) is 5.91 Å². The lowest BCUT2D eigenvalue weighted by Gasteiger charge is -2.20. The van der Waals surface area contributed by atoms with Crippen molar-refractivity contribution in [2.45, 2.75) is 38.5 Å². The highest BCUT2D eigenvalue weighted by atomic mass is 79.9.